The largest absolute Gasteiger partial charge is 0.416 e. The van der Waals surface area contributed by atoms with Gasteiger partial charge in [-0.05, 0) is 51.0 Å². The van der Waals surface area contributed by atoms with Gasteiger partial charge in [-0.1, -0.05) is 0 Å². The molecule has 1 aromatic carbocycles. The monoisotopic (exact) mass is 537 g/mol. The first-order valence-corrected chi connectivity index (χ1v) is 12.0. The number of hydrogen-bond acceptors (Lipinski definition) is 6. The first-order valence-electron chi connectivity index (χ1n) is 12.0. The molecular weight excluding hydrogens is 513 g/mol. The van der Waals surface area contributed by atoms with Crippen LogP contribution in [0, 0.1) is 6.92 Å². The van der Waals surface area contributed by atoms with Crippen LogP contribution in [0.5, 0.6) is 0 Å². The quantitative estimate of drug-likeness (QED) is 0.357. The molecule has 5 rings (SSSR count). The number of piperidine rings is 1. The molecule has 0 bridgehead atoms. The molecule has 2 saturated heterocycles. The highest BCUT2D eigenvalue weighted by Crippen LogP contribution is 2.40. The number of hydrogen-bond donors (Lipinski definition) is 0. The molecule has 9 nitrogen and oxygen atoms in total. The van der Waals surface area contributed by atoms with Crippen molar-refractivity contribution in [1.82, 2.24) is 24.6 Å². The molecule has 38 heavy (non-hydrogen) atoms. The first-order chi connectivity index (χ1) is 18.0. The Morgan fingerprint density at radius 2 is 1.74 bits per heavy atom. The highest BCUT2D eigenvalue weighted by molar-refractivity contribution is 6.23. The van der Waals surface area contributed by atoms with Crippen LogP contribution in [0.1, 0.15) is 31.0 Å². The average Bonchev–Trinajstić information content (AvgIpc) is 3.28. The van der Waals surface area contributed by atoms with Gasteiger partial charge in [0, 0.05) is 19.6 Å². The SMILES string of the molecule is CCN1C(=O)N(c2ccc(C(F)(F)F)cc2)C(=O)C12CCN(c1cnc3c(C)nn(CC(F)F)c3n1)CC2. The van der Waals surface area contributed by atoms with Crippen molar-refractivity contribution in [1.29, 1.82) is 0 Å². The van der Waals surface area contributed by atoms with E-state index in [0.717, 1.165) is 33.8 Å². The van der Waals surface area contributed by atoms with Crippen LogP contribution in [0.4, 0.5) is 38.3 Å². The third-order valence-electron chi connectivity index (χ3n) is 7.13. The third-order valence-corrected chi connectivity index (χ3v) is 7.13. The Hall–Kier alpha value is -3.84. The molecule has 3 amide bonds. The molecule has 0 saturated carbocycles. The van der Waals surface area contributed by atoms with Gasteiger partial charge in [-0.15, -0.1) is 0 Å². The number of nitrogens with zero attached hydrogens (tertiary/aromatic N) is 7. The van der Waals surface area contributed by atoms with Gasteiger partial charge in [0.1, 0.15) is 23.4 Å². The topological polar surface area (TPSA) is 87.5 Å². The molecular formula is C24H24F5N7O2. The predicted octanol–water partition coefficient (Wildman–Crippen LogP) is 4.25. The number of alkyl halides is 5. The molecule has 1 spiro atoms. The number of anilines is 2. The average molecular weight is 537 g/mol. The van der Waals surface area contributed by atoms with Gasteiger partial charge in [-0.2, -0.15) is 18.3 Å². The van der Waals surface area contributed by atoms with Crippen LogP contribution in [0.15, 0.2) is 30.5 Å². The van der Waals surface area contributed by atoms with E-state index < -0.39 is 42.2 Å². The number of imide groups is 1. The van der Waals surface area contributed by atoms with E-state index >= 15 is 0 Å². The lowest BCUT2D eigenvalue weighted by molar-refractivity contribution is -0.137. The molecule has 2 aromatic heterocycles. The molecule has 2 aliphatic heterocycles. The maximum absolute atomic E-state index is 13.6. The summed E-state index contributed by atoms with van der Waals surface area (Å²) in [5, 5.41) is 4.11. The van der Waals surface area contributed by atoms with Gasteiger partial charge >= 0.3 is 12.2 Å². The summed E-state index contributed by atoms with van der Waals surface area (Å²) in [4.78, 5) is 40.0. The lowest BCUT2D eigenvalue weighted by atomic mass is 9.85. The van der Waals surface area contributed by atoms with Crippen molar-refractivity contribution in [3.63, 3.8) is 0 Å². The molecule has 4 heterocycles. The van der Waals surface area contributed by atoms with Crippen LogP contribution in [0.2, 0.25) is 0 Å². The molecule has 2 aliphatic rings. The lowest BCUT2D eigenvalue weighted by Crippen LogP contribution is -2.56. The number of amides is 3. The molecule has 0 N–H and O–H groups in total. The van der Waals surface area contributed by atoms with Crippen LogP contribution in [0.25, 0.3) is 11.2 Å². The second kappa shape index (κ2) is 9.17. The van der Waals surface area contributed by atoms with Crippen LogP contribution < -0.4 is 9.80 Å². The van der Waals surface area contributed by atoms with Crippen molar-refractivity contribution in [2.75, 3.05) is 29.4 Å². The molecule has 3 aromatic rings. The van der Waals surface area contributed by atoms with Crippen LogP contribution >= 0.6 is 0 Å². The summed E-state index contributed by atoms with van der Waals surface area (Å²) in [6.07, 6.45) is -5.13. The summed E-state index contributed by atoms with van der Waals surface area (Å²) in [7, 11) is 0. The Balaban J connectivity index is 1.39. The molecule has 202 valence electrons. The smallest absolute Gasteiger partial charge is 0.355 e. The number of aryl methyl sites for hydroxylation is 1. The number of carbonyl (C=O) groups excluding carboxylic acids is 2. The van der Waals surface area contributed by atoms with E-state index in [-0.39, 0.29) is 30.7 Å². The number of likely N-dealkylation sites (N-methyl/N-ethyl adjacent to an activating group) is 1. The molecule has 0 aliphatic carbocycles. The normalized spacial score (nSPS) is 18.1. The van der Waals surface area contributed by atoms with E-state index in [1.54, 1.807) is 13.8 Å². The fourth-order valence-electron chi connectivity index (χ4n) is 5.26. The van der Waals surface area contributed by atoms with E-state index in [4.69, 9.17) is 0 Å². The minimum Gasteiger partial charge on any atom is -0.355 e. The second-order valence-corrected chi connectivity index (χ2v) is 9.29. The number of carbonyl (C=O) groups is 2. The van der Waals surface area contributed by atoms with Gasteiger partial charge in [0.25, 0.3) is 12.3 Å². The van der Waals surface area contributed by atoms with Crippen LogP contribution in [0.3, 0.4) is 0 Å². The Bertz CT molecular complexity index is 1380. The van der Waals surface area contributed by atoms with Crippen LogP contribution in [-0.4, -0.2) is 68.2 Å². The number of benzene rings is 1. The molecule has 2 fully saturated rings. The summed E-state index contributed by atoms with van der Waals surface area (Å²) in [5.74, 6) is -0.0573. The number of fused-ring (bicyclic) bond motifs is 1. The van der Waals surface area contributed by atoms with E-state index in [2.05, 4.69) is 15.1 Å². The summed E-state index contributed by atoms with van der Waals surface area (Å²) < 4.78 is 66.1. The van der Waals surface area contributed by atoms with Crippen molar-refractivity contribution in [3.05, 3.63) is 41.7 Å². The van der Waals surface area contributed by atoms with Gasteiger partial charge in [0.15, 0.2) is 5.65 Å². The van der Waals surface area contributed by atoms with Crippen molar-refractivity contribution in [2.45, 2.75) is 51.4 Å². The Labute approximate surface area is 213 Å². The van der Waals surface area contributed by atoms with Gasteiger partial charge in [0.2, 0.25) is 0 Å². The Morgan fingerprint density at radius 3 is 2.32 bits per heavy atom. The zero-order valence-corrected chi connectivity index (χ0v) is 20.5. The van der Waals surface area contributed by atoms with Crippen LogP contribution in [-0.2, 0) is 17.5 Å². The summed E-state index contributed by atoms with van der Waals surface area (Å²) in [6.45, 7) is 3.65. The van der Waals surface area contributed by atoms with Gasteiger partial charge in [0.05, 0.1) is 23.1 Å². The molecule has 0 radical (unpaired) electrons. The number of urea groups is 1. The number of halogens is 5. The summed E-state index contributed by atoms with van der Waals surface area (Å²) >= 11 is 0. The van der Waals surface area contributed by atoms with E-state index in [9.17, 15) is 31.5 Å². The standard InChI is InChI=1S/C24H24F5N7O2/c1-3-34-22(38)36(16-6-4-15(5-7-16)24(27,28)29)21(37)23(34)8-10-33(11-9-23)18-12-30-19-14(2)32-35(13-17(25)26)20(19)31-18/h4-7,12,17H,3,8-11,13H2,1-2H3. The van der Waals surface area contributed by atoms with E-state index in [1.165, 1.54) is 11.1 Å². The fraction of sp³-hybridized carbons (Fsp3) is 0.458. The van der Waals surface area contributed by atoms with Crippen molar-refractivity contribution in [2.24, 2.45) is 0 Å². The summed E-state index contributed by atoms with van der Waals surface area (Å²) in [6, 6.07) is 3.34. The lowest BCUT2D eigenvalue weighted by Gasteiger charge is -2.42. The molecule has 14 heteroatoms. The van der Waals surface area contributed by atoms with Crippen molar-refractivity contribution in [3.8, 4) is 0 Å². The minimum absolute atomic E-state index is 0.0738. The fourth-order valence-corrected chi connectivity index (χ4v) is 5.26. The second-order valence-electron chi connectivity index (χ2n) is 9.29. The maximum Gasteiger partial charge on any atom is 0.416 e. The zero-order chi connectivity index (χ0) is 27.4. The van der Waals surface area contributed by atoms with Gasteiger partial charge in [-0.25, -0.2) is 33.1 Å². The number of rotatable bonds is 5. The third kappa shape index (κ3) is 4.11. The zero-order valence-electron chi connectivity index (χ0n) is 20.5. The Morgan fingerprint density at radius 1 is 1.08 bits per heavy atom. The summed E-state index contributed by atoms with van der Waals surface area (Å²) in [5.41, 5.74) is -0.825. The molecule has 0 atom stereocenters. The van der Waals surface area contributed by atoms with E-state index in [0.29, 0.717) is 30.1 Å². The van der Waals surface area contributed by atoms with Gasteiger partial charge in [-0.3, -0.25) is 4.79 Å². The number of aromatic nitrogens is 4. The maximum atomic E-state index is 13.6. The molecule has 0 unspecified atom stereocenters. The highest BCUT2D eigenvalue weighted by atomic mass is 19.4. The highest BCUT2D eigenvalue weighted by Gasteiger charge is 2.58. The Kier molecular flexibility index (Phi) is 6.22. The minimum atomic E-state index is -4.54. The van der Waals surface area contributed by atoms with Crippen molar-refractivity contribution >= 4 is 34.6 Å². The predicted molar refractivity (Wildman–Crippen MR) is 127 cm³/mol. The van der Waals surface area contributed by atoms with Gasteiger partial charge < -0.3 is 9.80 Å². The van der Waals surface area contributed by atoms with E-state index in [1.807, 2.05) is 4.90 Å². The van der Waals surface area contributed by atoms with Crippen molar-refractivity contribution < 1.29 is 31.5 Å². The first kappa shape index (κ1) is 25.8.